The minimum atomic E-state index is -3.59. The van der Waals surface area contributed by atoms with Crippen LogP contribution in [0.3, 0.4) is 0 Å². The Balaban J connectivity index is 0.000000312. The van der Waals surface area contributed by atoms with E-state index < -0.39 is 15.7 Å². The van der Waals surface area contributed by atoms with E-state index in [4.69, 9.17) is 9.47 Å². The lowest BCUT2D eigenvalue weighted by atomic mass is 9.81. The quantitative estimate of drug-likeness (QED) is 0.145. The molecule has 10 nitrogen and oxygen atoms in total. The summed E-state index contributed by atoms with van der Waals surface area (Å²) in [7, 11) is 1.17. The lowest BCUT2D eigenvalue weighted by Gasteiger charge is -2.29. The van der Waals surface area contributed by atoms with Crippen molar-refractivity contribution < 1.29 is 31.9 Å². The van der Waals surface area contributed by atoms with Crippen molar-refractivity contribution in [2.45, 2.75) is 97.6 Å². The number of carbonyl (C=O) groups is 2. The van der Waals surface area contributed by atoms with E-state index in [-0.39, 0.29) is 19.1 Å². The second kappa shape index (κ2) is 22.2. The summed E-state index contributed by atoms with van der Waals surface area (Å²) in [4.78, 5) is 32.9. The van der Waals surface area contributed by atoms with E-state index in [1.165, 1.54) is 39.0 Å². The van der Waals surface area contributed by atoms with E-state index in [0.717, 1.165) is 40.9 Å². The molecule has 2 N–H and O–H groups in total. The summed E-state index contributed by atoms with van der Waals surface area (Å²) in [5.74, 6) is 2.78. The molecule has 0 atom stereocenters. The topological polar surface area (TPSA) is 137 Å². The van der Waals surface area contributed by atoms with Gasteiger partial charge in [0.2, 0.25) is 11.8 Å². The number of hydrogen-bond donors (Lipinski definition) is 2. The molecule has 2 saturated carbocycles. The number of alkyl halides is 1. The third-order valence-corrected chi connectivity index (χ3v) is 11.4. The number of ketones is 1. The minimum Gasteiger partial charge on any atom is -0.495 e. The van der Waals surface area contributed by atoms with Gasteiger partial charge in [0.25, 0.3) is 10.0 Å². The molecular weight excluding hydrogens is 744 g/mol. The zero-order valence-electron chi connectivity index (χ0n) is 33.4. The normalized spacial score (nSPS) is 20.8. The molecule has 12 heteroatoms. The number of halogens is 1. The summed E-state index contributed by atoms with van der Waals surface area (Å²) in [5, 5.41) is 3.47. The molecular formula is C45H61FN4O6S. The molecule has 0 aliphatic heterocycles. The highest BCUT2D eigenvalue weighted by Gasteiger charge is 2.29. The van der Waals surface area contributed by atoms with Crippen LogP contribution >= 0.6 is 0 Å². The van der Waals surface area contributed by atoms with Crippen LogP contribution in [0.15, 0.2) is 72.9 Å². The molecule has 1 amide bonds. The number of carbonyl (C=O) groups excluding carboxylic acids is 2. The van der Waals surface area contributed by atoms with Crippen molar-refractivity contribution in [2.75, 3.05) is 26.0 Å². The summed E-state index contributed by atoms with van der Waals surface area (Å²) in [6.07, 6.45) is 20.2. The van der Waals surface area contributed by atoms with Gasteiger partial charge in [0, 0.05) is 30.0 Å². The highest BCUT2D eigenvalue weighted by Crippen LogP contribution is 2.36. The predicted octanol–water partition coefficient (Wildman–Crippen LogP) is 9.58. The SMILES string of the molecule is C.C=CS(=O)(=O)Nc1cnc(OC)c(/C=C/C2CCC(C)(F)CC2)c1.CNC(=O)Cc1cccc(CCC(=O)c2cc(/C=C/C3CCC(C)CC3)c(OC)cn2)c1. The number of aryl methyl sites for hydroxylation is 1. The zero-order chi connectivity index (χ0) is 40.7. The number of sulfonamides is 1. The molecule has 1 aromatic carbocycles. The Morgan fingerprint density at radius 2 is 1.58 bits per heavy atom. The van der Waals surface area contributed by atoms with Crippen molar-refractivity contribution in [2.24, 2.45) is 17.8 Å². The Morgan fingerprint density at radius 3 is 2.21 bits per heavy atom. The standard InChI is InChI=1S/C27H34N2O3.C17H23FN2O3S.CH4/c1-19-7-9-20(10-8-19)11-13-23-17-24(29-18-26(23)32-3)25(30)14-12-21-5-4-6-22(15-21)16-27(31)28-2;1-4-24(21,22)20-15-11-14(16(23-3)19-12-15)6-5-13-7-9-17(2,18)10-8-13;/h4-6,11,13,15,17-20H,7-10,12,14,16H2,1-3H3,(H,28,31);4-6,11-13,20H,1,7-10H2,2-3H3;1H4/b13-11+;6-5+;. The van der Waals surface area contributed by atoms with Gasteiger partial charge in [0.15, 0.2) is 5.78 Å². The lowest BCUT2D eigenvalue weighted by molar-refractivity contribution is -0.119. The number of pyridine rings is 2. The van der Waals surface area contributed by atoms with Crippen LogP contribution in [0.5, 0.6) is 11.6 Å². The molecule has 310 valence electrons. The molecule has 2 aliphatic rings. The summed E-state index contributed by atoms with van der Waals surface area (Å²) in [6, 6.07) is 11.3. The number of ether oxygens (including phenoxy) is 2. The van der Waals surface area contributed by atoms with E-state index in [1.54, 1.807) is 33.3 Å². The first-order chi connectivity index (χ1) is 26.7. The molecule has 0 radical (unpaired) electrons. The van der Waals surface area contributed by atoms with Crippen molar-refractivity contribution in [3.63, 3.8) is 0 Å². The van der Waals surface area contributed by atoms with E-state index in [2.05, 4.69) is 45.7 Å². The van der Waals surface area contributed by atoms with Crippen molar-refractivity contribution in [1.82, 2.24) is 15.3 Å². The highest BCUT2D eigenvalue weighted by molar-refractivity contribution is 7.95. The second-order valence-corrected chi connectivity index (χ2v) is 16.7. The van der Waals surface area contributed by atoms with Crippen LogP contribution < -0.4 is 19.5 Å². The molecule has 5 rings (SSSR count). The number of likely N-dealkylation sites (N-methyl/N-ethyl adjacent to an activating group) is 1. The predicted molar refractivity (Wildman–Crippen MR) is 229 cm³/mol. The third-order valence-electron chi connectivity index (χ3n) is 10.5. The van der Waals surface area contributed by atoms with Gasteiger partial charge in [-0.3, -0.25) is 14.3 Å². The molecule has 0 saturated heterocycles. The summed E-state index contributed by atoms with van der Waals surface area (Å²) >= 11 is 0. The number of rotatable bonds is 15. The first-order valence-corrected chi connectivity index (χ1v) is 20.9. The molecule has 2 aromatic heterocycles. The van der Waals surface area contributed by atoms with Gasteiger partial charge in [-0.05, 0) is 92.9 Å². The molecule has 3 aromatic rings. The first kappa shape index (κ1) is 46.5. The van der Waals surface area contributed by atoms with E-state index in [1.807, 2.05) is 42.5 Å². The largest absolute Gasteiger partial charge is 0.495 e. The summed E-state index contributed by atoms with van der Waals surface area (Å²) < 4.78 is 50.0. The van der Waals surface area contributed by atoms with Crippen LogP contribution in [0.4, 0.5) is 10.1 Å². The zero-order valence-corrected chi connectivity index (χ0v) is 34.2. The number of amides is 1. The first-order valence-electron chi connectivity index (χ1n) is 19.3. The second-order valence-electron chi connectivity index (χ2n) is 15.0. The maximum absolute atomic E-state index is 13.8. The molecule has 0 bridgehead atoms. The van der Waals surface area contributed by atoms with Crippen molar-refractivity contribution in [1.29, 1.82) is 0 Å². The van der Waals surface area contributed by atoms with E-state index in [9.17, 15) is 22.4 Å². The highest BCUT2D eigenvalue weighted by atomic mass is 32.2. The van der Waals surface area contributed by atoms with Crippen LogP contribution in [0.2, 0.25) is 0 Å². The maximum atomic E-state index is 13.8. The van der Waals surface area contributed by atoms with Gasteiger partial charge in [0.05, 0.1) is 38.7 Å². The monoisotopic (exact) mass is 804 g/mol. The lowest BCUT2D eigenvalue weighted by Crippen LogP contribution is -2.25. The smallest absolute Gasteiger partial charge is 0.254 e. The van der Waals surface area contributed by atoms with Gasteiger partial charge in [-0.15, -0.1) is 0 Å². The van der Waals surface area contributed by atoms with Crippen LogP contribution in [-0.4, -0.2) is 57.0 Å². The number of anilines is 1. The molecule has 2 fully saturated rings. The number of allylic oxidation sites excluding steroid dienone is 2. The number of methoxy groups -OCH3 is 2. The molecule has 0 unspecified atom stereocenters. The van der Waals surface area contributed by atoms with Crippen LogP contribution in [0.1, 0.15) is 112 Å². The number of hydrogen-bond acceptors (Lipinski definition) is 8. The average molecular weight is 805 g/mol. The van der Waals surface area contributed by atoms with Gasteiger partial charge in [-0.1, -0.05) is 82.3 Å². The maximum Gasteiger partial charge on any atom is 0.254 e. The average Bonchev–Trinajstić information content (AvgIpc) is 3.19. The number of nitrogens with one attached hydrogen (secondary N) is 2. The number of benzene rings is 1. The minimum absolute atomic E-state index is 0. The van der Waals surface area contributed by atoms with Gasteiger partial charge in [-0.25, -0.2) is 22.8 Å². The Labute approximate surface area is 339 Å². The van der Waals surface area contributed by atoms with Crippen LogP contribution in [0, 0.1) is 17.8 Å². The molecule has 57 heavy (non-hydrogen) atoms. The molecule has 2 heterocycles. The Hall–Kier alpha value is -4.84. The van der Waals surface area contributed by atoms with Gasteiger partial charge >= 0.3 is 0 Å². The fourth-order valence-corrected chi connectivity index (χ4v) is 7.40. The van der Waals surface area contributed by atoms with E-state index in [0.29, 0.717) is 72.5 Å². The molecule has 2 aliphatic carbocycles. The Kier molecular flexibility index (Phi) is 18.1. The fraction of sp³-hybridized carbons (Fsp3) is 0.467. The van der Waals surface area contributed by atoms with Crippen molar-refractivity contribution >= 4 is 39.6 Å². The fourth-order valence-electron chi connectivity index (χ4n) is 6.88. The van der Waals surface area contributed by atoms with Crippen molar-refractivity contribution in [3.05, 3.63) is 101 Å². The number of aromatic nitrogens is 2. The van der Waals surface area contributed by atoms with Gasteiger partial charge in [0.1, 0.15) is 17.1 Å². The van der Waals surface area contributed by atoms with E-state index >= 15 is 0 Å². The molecule has 0 spiro atoms. The van der Waals surface area contributed by atoms with Gasteiger partial charge < -0.3 is 14.8 Å². The summed E-state index contributed by atoms with van der Waals surface area (Å²) in [6.45, 7) is 7.22. The number of Topliss-reactive ketones (excluding diaryl/α,β-unsaturated/α-hetero) is 1. The third kappa shape index (κ3) is 15.2. The van der Waals surface area contributed by atoms with Gasteiger partial charge in [-0.2, -0.15) is 0 Å². The van der Waals surface area contributed by atoms with Crippen molar-refractivity contribution in [3.8, 4) is 11.6 Å². The Morgan fingerprint density at radius 1 is 0.930 bits per heavy atom. The van der Waals surface area contributed by atoms with Crippen LogP contribution in [0.25, 0.3) is 12.2 Å². The van der Waals surface area contributed by atoms with Crippen LogP contribution in [-0.2, 0) is 27.7 Å². The number of nitrogens with zero attached hydrogens (tertiary/aromatic N) is 2. The summed E-state index contributed by atoms with van der Waals surface area (Å²) in [5.41, 5.74) is 3.28. The Bertz CT molecular complexity index is 1960.